The maximum absolute atomic E-state index is 5.89. The molecule has 0 radical (unpaired) electrons. The highest BCUT2D eigenvalue weighted by Crippen LogP contribution is 2.29. The summed E-state index contributed by atoms with van der Waals surface area (Å²) in [6.45, 7) is 13.4. The summed E-state index contributed by atoms with van der Waals surface area (Å²) in [6.07, 6.45) is 4.64. The molecule has 2 aromatic carbocycles. The molecule has 0 N–H and O–H groups in total. The lowest BCUT2D eigenvalue weighted by Crippen LogP contribution is -2.24. The van der Waals surface area contributed by atoms with Crippen LogP contribution in [0.1, 0.15) is 70.6 Å². The second-order valence-corrected chi connectivity index (χ2v) is 7.77. The van der Waals surface area contributed by atoms with Gasteiger partial charge in [-0.3, -0.25) is 0 Å². The van der Waals surface area contributed by atoms with Crippen LogP contribution < -0.4 is 9.80 Å². The molecule has 0 atom stereocenters. The second kappa shape index (κ2) is 12.5. The summed E-state index contributed by atoms with van der Waals surface area (Å²) in [5.74, 6) is 0. The third-order valence-corrected chi connectivity index (χ3v) is 5.33. The van der Waals surface area contributed by atoms with E-state index >= 15 is 0 Å². The van der Waals surface area contributed by atoms with Crippen LogP contribution in [0.2, 0.25) is 0 Å². The molecular weight excluding hydrogens is 356 g/mol. The number of anilines is 2. The summed E-state index contributed by atoms with van der Waals surface area (Å²) < 4.78 is 5.89. The molecule has 0 bridgehead atoms. The average Bonchev–Trinajstić information content (AvgIpc) is 2.75. The van der Waals surface area contributed by atoms with Gasteiger partial charge in [-0.1, -0.05) is 52.0 Å². The smallest absolute Gasteiger partial charge is 0.107 e. The largest absolute Gasteiger partial charge is 0.372 e. The molecule has 0 aliphatic carbocycles. The zero-order valence-corrected chi connectivity index (χ0v) is 19.2. The molecule has 0 aliphatic rings. The van der Waals surface area contributed by atoms with Crippen molar-refractivity contribution in [2.24, 2.45) is 0 Å². The number of methoxy groups -OCH3 is 1. The van der Waals surface area contributed by atoms with Crippen molar-refractivity contribution in [2.45, 2.75) is 59.5 Å². The van der Waals surface area contributed by atoms with Gasteiger partial charge in [-0.25, -0.2) is 0 Å². The molecule has 3 nitrogen and oxygen atoms in total. The van der Waals surface area contributed by atoms with Gasteiger partial charge in [0.1, 0.15) is 6.10 Å². The number of hydrogen-bond acceptors (Lipinski definition) is 3. The lowest BCUT2D eigenvalue weighted by Gasteiger charge is -2.26. The van der Waals surface area contributed by atoms with E-state index in [9.17, 15) is 0 Å². The summed E-state index contributed by atoms with van der Waals surface area (Å²) in [5, 5.41) is 0. The molecule has 29 heavy (non-hydrogen) atoms. The summed E-state index contributed by atoms with van der Waals surface area (Å²) in [5.41, 5.74) is 5.02. The fourth-order valence-corrected chi connectivity index (χ4v) is 4.00. The van der Waals surface area contributed by atoms with E-state index in [-0.39, 0.29) is 6.10 Å². The second-order valence-electron chi connectivity index (χ2n) is 7.77. The lowest BCUT2D eigenvalue weighted by molar-refractivity contribution is 0.136. The molecule has 0 unspecified atom stereocenters. The standard InChI is InChI=1S/C26H40N2O/c1-6-18-27(19-7-2)24-14-10-22(11-15-24)26(29-5)23-12-16-25(17-13-23)28(20-8-3)21-9-4/h10-17,26H,6-9,18-21H2,1-5H3. The van der Waals surface area contributed by atoms with E-state index in [1.54, 1.807) is 7.11 Å². The highest BCUT2D eigenvalue weighted by Gasteiger charge is 2.15. The summed E-state index contributed by atoms with van der Waals surface area (Å²) in [7, 11) is 1.80. The van der Waals surface area contributed by atoms with Crippen LogP contribution >= 0.6 is 0 Å². The maximum atomic E-state index is 5.89. The van der Waals surface area contributed by atoms with Crippen molar-refractivity contribution in [3.8, 4) is 0 Å². The minimum Gasteiger partial charge on any atom is -0.372 e. The van der Waals surface area contributed by atoms with Crippen molar-refractivity contribution in [3.05, 3.63) is 59.7 Å². The Bertz CT molecular complexity index is 609. The Balaban J connectivity index is 2.18. The number of nitrogens with zero attached hydrogens (tertiary/aromatic N) is 2. The van der Waals surface area contributed by atoms with Crippen LogP contribution in [0.3, 0.4) is 0 Å². The van der Waals surface area contributed by atoms with Crippen LogP contribution in [0.25, 0.3) is 0 Å². The van der Waals surface area contributed by atoms with E-state index in [4.69, 9.17) is 4.74 Å². The zero-order chi connectivity index (χ0) is 21.1. The minimum atomic E-state index is -0.0327. The molecule has 0 heterocycles. The summed E-state index contributed by atoms with van der Waals surface area (Å²) in [4.78, 5) is 4.94. The first-order chi connectivity index (χ1) is 14.2. The van der Waals surface area contributed by atoms with Crippen LogP contribution in [0.15, 0.2) is 48.5 Å². The van der Waals surface area contributed by atoms with E-state index in [1.165, 1.54) is 48.2 Å². The molecule has 0 amide bonds. The first kappa shape index (κ1) is 23.3. The fraction of sp³-hybridized carbons (Fsp3) is 0.538. The van der Waals surface area contributed by atoms with Crippen molar-refractivity contribution in [2.75, 3.05) is 43.1 Å². The Morgan fingerprint density at radius 2 is 0.897 bits per heavy atom. The minimum absolute atomic E-state index is 0.0327. The molecule has 0 fully saturated rings. The van der Waals surface area contributed by atoms with Crippen LogP contribution in [0, 0.1) is 0 Å². The van der Waals surface area contributed by atoms with Gasteiger partial charge in [0.15, 0.2) is 0 Å². The Hall–Kier alpha value is -2.00. The number of rotatable bonds is 13. The van der Waals surface area contributed by atoms with Gasteiger partial charge in [-0.05, 0) is 61.1 Å². The Kier molecular flexibility index (Phi) is 10.1. The molecular formula is C26H40N2O. The van der Waals surface area contributed by atoms with Gasteiger partial charge < -0.3 is 14.5 Å². The van der Waals surface area contributed by atoms with E-state index in [2.05, 4.69) is 86.0 Å². The molecule has 0 aromatic heterocycles. The van der Waals surface area contributed by atoms with Crippen LogP contribution in [0.4, 0.5) is 11.4 Å². The average molecular weight is 397 g/mol. The van der Waals surface area contributed by atoms with Gasteiger partial charge in [0, 0.05) is 44.7 Å². The monoisotopic (exact) mass is 396 g/mol. The van der Waals surface area contributed by atoms with Crippen molar-refractivity contribution in [3.63, 3.8) is 0 Å². The van der Waals surface area contributed by atoms with Gasteiger partial charge in [0.25, 0.3) is 0 Å². The predicted octanol–water partition coefficient (Wildman–Crippen LogP) is 6.68. The van der Waals surface area contributed by atoms with Crippen LogP contribution in [-0.4, -0.2) is 33.3 Å². The third kappa shape index (κ3) is 6.50. The zero-order valence-electron chi connectivity index (χ0n) is 19.2. The SMILES string of the molecule is CCCN(CCC)c1ccc(C(OC)c2ccc(N(CCC)CCC)cc2)cc1. The molecule has 2 rings (SSSR count). The molecule has 2 aromatic rings. The summed E-state index contributed by atoms with van der Waals surface area (Å²) >= 11 is 0. The molecule has 0 spiro atoms. The topological polar surface area (TPSA) is 15.7 Å². The predicted molar refractivity (Wildman–Crippen MR) is 127 cm³/mol. The third-order valence-electron chi connectivity index (χ3n) is 5.33. The van der Waals surface area contributed by atoms with Crippen molar-refractivity contribution < 1.29 is 4.74 Å². The normalized spacial score (nSPS) is 11.1. The first-order valence-corrected chi connectivity index (χ1v) is 11.4. The maximum Gasteiger partial charge on any atom is 0.107 e. The molecule has 0 saturated carbocycles. The van der Waals surface area contributed by atoms with E-state index < -0.39 is 0 Å². The van der Waals surface area contributed by atoms with Crippen molar-refractivity contribution in [1.82, 2.24) is 0 Å². The van der Waals surface area contributed by atoms with Gasteiger partial charge in [-0.15, -0.1) is 0 Å². The van der Waals surface area contributed by atoms with E-state index in [1.807, 2.05) is 0 Å². The first-order valence-electron chi connectivity index (χ1n) is 11.4. The molecule has 0 aliphatic heterocycles. The number of hydrogen-bond donors (Lipinski definition) is 0. The van der Waals surface area contributed by atoms with Crippen LogP contribution in [0.5, 0.6) is 0 Å². The number of benzene rings is 2. The summed E-state index contributed by atoms with van der Waals surface area (Å²) in [6, 6.07) is 17.8. The molecule has 0 saturated heterocycles. The lowest BCUT2D eigenvalue weighted by atomic mass is 10.0. The van der Waals surface area contributed by atoms with Crippen molar-refractivity contribution >= 4 is 11.4 Å². The Morgan fingerprint density at radius 1 is 0.586 bits per heavy atom. The van der Waals surface area contributed by atoms with Crippen LogP contribution in [-0.2, 0) is 4.74 Å². The van der Waals surface area contributed by atoms with Gasteiger partial charge in [-0.2, -0.15) is 0 Å². The Labute approximate surface area is 178 Å². The van der Waals surface area contributed by atoms with Crippen molar-refractivity contribution in [1.29, 1.82) is 0 Å². The van der Waals surface area contributed by atoms with Gasteiger partial charge in [0.05, 0.1) is 0 Å². The van der Waals surface area contributed by atoms with E-state index in [0.29, 0.717) is 0 Å². The highest BCUT2D eigenvalue weighted by atomic mass is 16.5. The van der Waals surface area contributed by atoms with E-state index in [0.717, 1.165) is 26.2 Å². The quantitative estimate of drug-likeness (QED) is 0.376. The van der Waals surface area contributed by atoms with Gasteiger partial charge >= 0.3 is 0 Å². The molecule has 3 heteroatoms. The molecule has 160 valence electrons. The highest BCUT2D eigenvalue weighted by molar-refractivity contribution is 5.51. The van der Waals surface area contributed by atoms with Gasteiger partial charge in [0.2, 0.25) is 0 Å². The Morgan fingerprint density at radius 3 is 1.14 bits per heavy atom. The fourth-order valence-electron chi connectivity index (χ4n) is 4.00. The number of ether oxygens (including phenoxy) is 1.